The number of rotatable bonds is 2. The zero-order valence-electron chi connectivity index (χ0n) is 10.4. The summed E-state index contributed by atoms with van der Waals surface area (Å²) in [6, 6.07) is 9.24. The van der Waals surface area contributed by atoms with Crippen molar-refractivity contribution in [2.24, 2.45) is 0 Å². The predicted molar refractivity (Wildman–Crippen MR) is 80.7 cm³/mol. The molecule has 2 heteroatoms. The van der Waals surface area contributed by atoms with Gasteiger partial charge in [-0.2, -0.15) is 0 Å². The monoisotopic (exact) mass is 260 g/mol. The van der Waals surface area contributed by atoms with Crippen molar-refractivity contribution in [1.82, 2.24) is 0 Å². The molecule has 0 spiro atoms. The van der Waals surface area contributed by atoms with Crippen LogP contribution in [0.4, 0.5) is 0 Å². The maximum Gasteiger partial charge on any atom is 0.0524 e. The highest BCUT2D eigenvalue weighted by atomic mass is 32.1. The molecule has 3 aromatic rings. The molecule has 0 bridgehead atoms. The Kier molecular flexibility index (Phi) is 2.72. The molecule has 2 heterocycles. The maximum absolute atomic E-state index is 2.36. The van der Waals surface area contributed by atoms with Gasteiger partial charge in [0.15, 0.2) is 0 Å². The summed E-state index contributed by atoms with van der Waals surface area (Å²) in [6.07, 6.45) is 1.14. The van der Waals surface area contributed by atoms with Crippen LogP contribution < -0.4 is 0 Å². The fourth-order valence-electron chi connectivity index (χ4n) is 2.12. The zero-order valence-corrected chi connectivity index (χ0v) is 12.0. The smallest absolute Gasteiger partial charge is 0.0524 e. The van der Waals surface area contributed by atoms with Crippen molar-refractivity contribution in [2.75, 3.05) is 0 Å². The van der Waals surface area contributed by atoms with Gasteiger partial charge in [-0.3, -0.25) is 0 Å². The molecular formula is C15H16S2. The van der Waals surface area contributed by atoms with Crippen LogP contribution in [0.2, 0.25) is 0 Å². The van der Waals surface area contributed by atoms with Crippen molar-refractivity contribution < 1.29 is 0 Å². The van der Waals surface area contributed by atoms with Crippen LogP contribution in [0.1, 0.15) is 36.4 Å². The molecular weight excluding hydrogens is 244 g/mol. The first-order valence-corrected chi connectivity index (χ1v) is 7.77. The van der Waals surface area contributed by atoms with Crippen LogP contribution in [0.5, 0.6) is 0 Å². The van der Waals surface area contributed by atoms with Crippen molar-refractivity contribution >= 4 is 42.8 Å². The van der Waals surface area contributed by atoms with E-state index in [1.165, 1.54) is 29.9 Å². The Bertz CT molecular complexity index is 671. The normalized spacial score (nSPS) is 12.0. The first-order chi connectivity index (χ1) is 8.19. The van der Waals surface area contributed by atoms with Gasteiger partial charge in [0.25, 0.3) is 0 Å². The summed E-state index contributed by atoms with van der Waals surface area (Å²) < 4.78 is 2.96. The Morgan fingerprint density at radius 3 is 2.29 bits per heavy atom. The summed E-state index contributed by atoms with van der Waals surface area (Å²) in [7, 11) is 0. The summed E-state index contributed by atoms with van der Waals surface area (Å²) in [5, 5.41) is 2.83. The van der Waals surface area contributed by atoms with Crippen molar-refractivity contribution in [3.05, 3.63) is 34.0 Å². The molecule has 0 unspecified atom stereocenters. The molecule has 88 valence electrons. The summed E-state index contributed by atoms with van der Waals surface area (Å²) in [5.41, 5.74) is 0. The van der Waals surface area contributed by atoms with Crippen LogP contribution in [0.3, 0.4) is 0 Å². The molecule has 0 aliphatic heterocycles. The van der Waals surface area contributed by atoms with Crippen LogP contribution >= 0.6 is 22.7 Å². The van der Waals surface area contributed by atoms with Gasteiger partial charge in [-0.05, 0) is 35.2 Å². The minimum absolute atomic E-state index is 0.632. The Balaban J connectivity index is 2.33. The van der Waals surface area contributed by atoms with Gasteiger partial charge in [-0.1, -0.05) is 32.9 Å². The van der Waals surface area contributed by atoms with Gasteiger partial charge in [0.2, 0.25) is 0 Å². The topological polar surface area (TPSA) is 0 Å². The van der Waals surface area contributed by atoms with Gasteiger partial charge in [0.05, 0.1) is 9.40 Å². The Hall–Kier alpha value is -0.860. The van der Waals surface area contributed by atoms with Crippen molar-refractivity contribution in [1.29, 1.82) is 0 Å². The second kappa shape index (κ2) is 4.11. The molecule has 0 amide bonds. The third-order valence-corrected chi connectivity index (χ3v) is 6.07. The van der Waals surface area contributed by atoms with Crippen molar-refractivity contribution in [3.8, 4) is 0 Å². The number of hydrogen-bond donors (Lipinski definition) is 0. The number of thiophene rings is 2. The van der Waals surface area contributed by atoms with E-state index in [4.69, 9.17) is 0 Å². The lowest BCUT2D eigenvalue weighted by Crippen LogP contribution is -1.77. The highest BCUT2D eigenvalue weighted by Crippen LogP contribution is 2.39. The van der Waals surface area contributed by atoms with Crippen molar-refractivity contribution in [2.45, 2.75) is 33.1 Å². The highest BCUT2D eigenvalue weighted by molar-refractivity contribution is 7.27. The number of benzene rings is 1. The first-order valence-electron chi connectivity index (χ1n) is 6.14. The number of fused-ring (bicyclic) bond motifs is 3. The van der Waals surface area contributed by atoms with E-state index in [1.807, 2.05) is 22.7 Å². The van der Waals surface area contributed by atoms with E-state index in [9.17, 15) is 0 Å². The largest absolute Gasteiger partial charge is 0.139 e. The van der Waals surface area contributed by atoms with Gasteiger partial charge < -0.3 is 0 Å². The summed E-state index contributed by atoms with van der Waals surface area (Å²) in [6.45, 7) is 6.78. The third-order valence-electron chi connectivity index (χ3n) is 3.16. The Labute approximate surface area is 110 Å². The molecule has 0 atom stereocenters. The minimum atomic E-state index is 0.632. The van der Waals surface area contributed by atoms with Gasteiger partial charge in [-0.25, -0.2) is 0 Å². The minimum Gasteiger partial charge on any atom is -0.139 e. The second-order valence-electron chi connectivity index (χ2n) is 4.77. The molecule has 0 aliphatic rings. The van der Waals surface area contributed by atoms with Gasteiger partial charge in [0, 0.05) is 9.75 Å². The summed E-state index contributed by atoms with van der Waals surface area (Å²) >= 11 is 3.93. The van der Waals surface area contributed by atoms with E-state index in [1.54, 1.807) is 0 Å². The van der Waals surface area contributed by atoms with E-state index in [0.717, 1.165) is 6.42 Å². The van der Waals surface area contributed by atoms with E-state index in [-0.39, 0.29) is 0 Å². The summed E-state index contributed by atoms with van der Waals surface area (Å²) in [5.74, 6) is 0.632. The lowest BCUT2D eigenvalue weighted by molar-refractivity contribution is 0.890. The number of hydrogen-bond acceptors (Lipinski definition) is 2. The molecule has 0 fully saturated rings. The molecule has 0 saturated heterocycles. The summed E-state index contributed by atoms with van der Waals surface area (Å²) in [4.78, 5) is 2.99. The third kappa shape index (κ3) is 1.80. The van der Waals surface area contributed by atoms with E-state index < -0.39 is 0 Å². The lowest BCUT2D eigenvalue weighted by atomic mass is 10.1. The molecule has 0 aliphatic carbocycles. The fourth-order valence-corrected chi connectivity index (χ4v) is 4.53. The lowest BCUT2D eigenvalue weighted by Gasteiger charge is -1.96. The van der Waals surface area contributed by atoms with Crippen LogP contribution in [-0.4, -0.2) is 0 Å². The maximum atomic E-state index is 2.36. The molecule has 1 aromatic carbocycles. The molecule has 17 heavy (non-hydrogen) atoms. The van der Waals surface area contributed by atoms with Crippen molar-refractivity contribution in [3.63, 3.8) is 0 Å². The van der Waals surface area contributed by atoms with Crippen LogP contribution in [0.15, 0.2) is 24.3 Å². The number of aryl methyl sites for hydroxylation is 1. The average Bonchev–Trinajstić information content (AvgIpc) is 2.91. The molecule has 2 aromatic heterocycles. The molecule has 3 rings (SSSR count). The zero-order chi connectivity index (χ0) is 12.0. The van der Waals surface area contributed by atoms with E-state index in [2.05, 4.69) is 45.0 Å². The Morgan fingerprint density at radius 2 is 1.65 bits per heavy atom. The van der Waals surface area contributed by atoms with Gasteiger partial charge in [-0.15, -0.1) is 22.7 Å². The molecule has 0 radical (unpaired) electrons. The van der Waals surface area contributed by atoms with Gasteiger partial charge in [0.1, 0.15) is 0 Å². The molecule has 0 saturated carbocycles. The first kappa shape index (κ1) is 11.2. The van der Waals surface area contributed by atoms with E-state index >= 15 is 0 Å². The predicted octanol–water partition coefficient (Wildman–Crippen LogP) is 5.80. The second-order valence-corrected chi connectivity index (χ2v) is 6.99. The highest BCUT2D eigenvalue weighted by Gasteiger charge is 2.10. The SMILES string of the molecule is CCc1cc2ccc3cc(C(C)C)sc3c2s1. The standard InChI is InChI=1S/C15H16S2/c1-4-12-7-10-5-6-11-8-13(9(2)3)17-15(11)14(10)16-12/h5-9H,4H2,1-3H3. The van der Waals surface area contributed by atoms with Gasteiger partial charge >= 0.3 is 0 Å². The quantitative estimate of drug-likeness (QED) is 0.546. The Morgan fingerprint density at radius 1 is 1.00 bits per heavy atom. The van der Waals surface area contributed by atoms with E-state index in [0.29, 0.717) is 5.92 Å². The van der Waals surface area contributed by atoms with Crippen LogP contribution in [-0.2, 0) is 6.42 Å². The average molecular weight is 260 g/mol. The fraction of sp³-hybridized carbons (Fsp3) is 0.333. The van der Waals surface area contributed by atoms with Crippen LogP contribution in [0.25, 0.3) is 20.2 Å². The molecule has 0 nitrogen and oxygen atoms in total. The van der Waals surface area contributed by atoms with Crippen LogP contribution in [0, 0.1) is 0 Å². The molecule has 0 N–H and O–H groups in total.